The van der Waals surface area contributed by atoms with Crippen LogP contribution in [0.15, 0.2) is 53.4 Å². The molecule has 2 N–H and O–H groups in total. The molecule has 0 spiro atoms. The van der Waals surface area contributed by atoms with Crippen LogP contribution in [-0.2, 0) is 20.0 Å². The lowest BCUT2D eigenvalue weighted by Gasteiger charge is -2.54. The molecule has 0 bridgehead atoms. The summed E-state index contributed by atoms with van der Waals surface area (Å²) in [4.78, 5) is 20.2. The van der Waals surface area contributed by atoms with Crippen molar-refractivity contribution in [2.24, 2.45) is 17.8 Å². The third-order valence-electron chi connectivity index (χ3n) is 12.3. The molecular weight excluding hydrogens is 631 g/mol. The molecule has 0 unspecified atom stereocenters. The maximum Gasteiger partial charge on any atom is 0.407 e. The van der Waals surface area contributed by atoms with Crippen molar-refractivity contribution < 1.29 is 27.4 Å². The van der Waals surface area contributed by atoms with Crippen molar-refractivity contribution in [3.05, 3.63) is 59.9 Å². The van der Waals surface area contributed by atoms with E-state index >= 15 is 0 Å². The number of anilines is 1. The molecule has 11 heteroatoms. The lowest BCUT2D eigenvalue weighted by molar-refractivity contribution is 0.0223. The summed E-state index contributed by atoms with van der Waals surface area (Å²) in [5.41, 5.74) is 1.87. The van der Waals surface area contributed by atoms with Gasteiger partial charge >= 0.3 is 6.09 Å². The number of carbonyl (C=O) groups is 1. The molecule has 3 heterocycles. The molecule has 2 aromatic carbocycles. The van der Waals surface area contributed by atoms with Gasteiger partial charge in [-0.15, -0.1) is 0 Å². The van der Waals surface area contributed by atoms with E-state index in [-0.39, 0.29) is 29.3 Å². The highest BCUT2D eigenvalue weighted by Gasteiger charge is 2.53. The van der Waals surface area contributed by atoms with Crippen molar-refractivity contribution in [2.45, 2.75) is 79.1 Å². The number of nitrogens with one attached hydrogen (secondary N) is 1. The number of nitrogens with zero attached hydrogens (tertiary/aromatic N) is 3. The number of piperidine rings is 1. The van der Waals surface area contributed by atoms with Crippen LogP contribution in [0.1, 0.15) is 56.9 Å². The van der Waals surface area contributed by atoms with Gasteiger partial charge in [0.25, 0.3) is 0 Å². The predicted octanol–water partition coefficient (Wildman–Crippen LogP) is 4.44. The van der Waals surface area contributed by atoms with Crippen molar-refractivity contribution in [2.75, 3.05) is 64.4 Å². The van der Waals surface area contributed by atoms with E-state index in [1.807, 2.05) is 18.2 Å². The van der Waals surface area contributed by atoms with Gasteiger partial charge in [-0.05, 0) is 125 Å². The molecule has 0 radical (unpaired) electrons. The zero-order chi connectivity index (χ0) is 33.5. The van der Waals surface area contributed by atoms with Gasteiger partial charge in [0, 0.05) is 49.2 Å². The van der Waals surface area contributed by atoms with E-state index in [1.54, 1.807) is 24.3 Å². The van der Waals surface area contributed by atoms with Crippen molar-refractivity contribution in [3.8, 4) is 0 Å². The summed E-state index contributed by atoms with van der Waals surface area (Å²) in [7, 11) is -1.96. The number of rotatable bonds is 11. The van der Waals surface area contributed by atoms with E-state index in [2.05, 4.69) is 26.1 Å². The zero-order valence-electron chi connectivity index (χ0n) is 28.1. The fraction of sp³-hybridized carbons (Fsp3) is 0.649. The highest BCUT2D eigenvalue weighted by atomic mass is 32.2. The van der Waals surface area contributed by atoms with E-state index in [0.29, 0.717) is 29.6 Å². The molecule has 5 aliphatic rings. The third-order valence-corrected chi connectivity index (χ3v) is 14.5. The monoisotopic (exact) mass is 682 g/mol. The maximum absolute atomic E-state index is 14.9. The van der Waals surface area contributed by atoms with Crippen molar-refractivity contribution in [1.29, 1.82) is 0 Å². The van der Waals surface area contributed by atoms with Gasteiger partial charge in [-0.3, -0.25) is 0 Å². The fourth-order valence-corrected chi connectivity index (χ4v) is 11.3. The van der Waals surface area contributed by atoms with Crippen molar-refractivity contribution in [1.82, 2.24) is 15.1 Å². The molecule has 48 heavy (non-hydrogen) atoms. The number of aliphatic hydroxyl groups is 1. The summed E-state index contributed by atoms with van der Waals surface area (Å²) >= 11 is 0. The van der Waals surface area contributed by atoms with Gasteiger partial charge < -0.3 is 29.9 Å². The minimum absolute atomic E-state index is 0.00117. The van der Waals surface area contributed by atoms with Gasteiger partial charge in [0.05, 0.1) is 23.4 Å². The van der Waals surface area contributed by atoms with Gasteiger partial charge in [0.2, 0.25) is 0 Å². The number of halogens is 1. The first kappa shape index (κ1) is 33.8. The van der Waals surface area contributed by atoms with Crippen molar-refractivity contribution >= 4 is 21.6 Å². The summed E-state index contributed by atoms with van der Waals surface area (Å²) in [6.07, 6.45) is 6.00. The highest BCUT2D eigenvalue weighted by Crippen LogP contribution is 2.51. The Bertz CT molecular complexity index is 1530. The van der Waals surface area contributed by atoms with Gasteiger partial charge in [0.1, 0.15) is 5.82 Å². The number of benzene rings is 2. The number of amides is 1. The first-order valence-corrected chi connectivity index (χ1v) is 19.5. The number of carbonyl (C=O) groups excluding carboxylic acids is 1. The van der Waals surface area contributed by atoms with Crippen LogP contribution in [0.3, 0.4) is 0 Å². The zero-order valence-corrected chi connectivity index (χ0v) is 28.9. The minimum atomic E-state index is -3.38. The van der Waals surface area contributed by atoms with Gasteiger partial charge in [-0.25, -0.2) is 17.6 Å². The third kappa shape index (κ3) is 6.60. The normalized spacial score (nSPS) is 28.6. The van der Waals surface area contributed by atoms with E-state index in [4.69, 9.17) is 4.74 Å². The Kier molecular flexibility index (Phi) is 9.76. The van der Waals surface area contributed by atoms with Crippen LogP contribution in [0.25, 0.3) is 0 Å². The van der Waals surface area contributed by atoms with Crippen LogP contribution in [0.5, 0.6) is 0 Å². The molecule has 2 aliphatic carbocycles. The highest BCUT2D eigenvalue weighted by molar-refractivity contribution is 7.92. The Morgan fingerprint density at radius 3 is 2.33 bits per heavy atom. The molecule has 7 rings (SSSR count). The number of ether oxygens (including phenoxy) is 1. The largest absolute Gasteiger partial charge is 0.453 e. The first-order chi connectivity index (χ1) is 23.2. The molecule has 2 saturated carbocycles. The number of aliphatic hydroxyl groups excluding tert-OH is 1. The second-order valence-corrected chi connectivity index (χ2v) is 17.3. The number of sulfone groups is 1. The molecule has 0 aromatic heterocycles. The number of hydrogen-bond acceptors (Lipinski definition) is 8. The average molecular weight is 683 g/mol. The standard InChI is InChI=1S/C37H51FN4O5S/c1-47-36(44)39-35-8-3-7-34(35)37(25-41-15-4-16-41,28-5-2-6-29(38)19-28)27-13-17-40(18-14-27)22-26-23-42(24-26)30-9-11-32(12-10-30)48(45,46)33-20-31(43)21-33/h2,5-6,9-12,19,26-27,31,33-35,43H,3-4,7-8,13-18,20-25H2,1H3,(H,39,44)/t31-,33+,34-,35-,37-/m0/s1. The lowest BCUT2D eigenvalue weighted by Crippen LogP contribution is -2.60. The number of hydrogen-bond donors (Lipinski definition) is 2. The molecule has 2 aromatic rings. The topological polar surface area (TPSA) is 102 Å². The van der Waals surface area contributed by atoms with Gasteiger partial charge in [-0.2, -0.15) is 0 Å². The number of methoxy groups -OCH3 is 1. The Morgan fingerprint density at radius 1 is 0.979 bits per heavy atom. The van der Waals surface area contributed by atoms with Crippen LogP contribution in [0.2, 0.25) is 0 Å². The maximum atomic E-state index is 14.9. The molecule has 9 nitrogen and oxygen atoms in total. The average Bonchev–Trinajstić information content (AvgIpc) is 3.49. The lowest BCUT2D eigenvalue weighted by atomic mass is 9.57. The molecule has 3 aliphatic heterocycles. The summed E-state index contributed by atoms with van der Waals surface area (Å²) in [5.74, 6) is 0.936. The second kappa shape index (κ2) is 13.9. The fourth-order valence-electron chi connectivity index (χ4n) is 9.46. The number of likely N-dealkylation sites (tertiary alicyclic amines) is 2. The smallest absolute Gasteiger partial charge is 0.407 e. The van der Waals surface area contributed by atoms with Crippen LogP contribution in [0.4, 0.5) is 14.9 Å². The van der Waals surface area contributed by atoms with Crippen LogP contribution >= 0.6 is 0 Å². The second-order valence-electron chi connectivity index (χ2n) is 15.1. The van der Waals surface area contributed by atoms with Gasteiger partial charge in [-0.1, -0.05) is 18.6 Å². The van der Waals surface area contributed by atoms with Gasteiger partial charge in [0.15, 0.2) is 9.84 Å². The van der Waals surface area contributed by atoms with Crippen LogP contribution in [-0.4, -0.2) is 106 Å². The van der Waals surface area contributed by atoms with E-state index in [0.717, 1.165) is 95.7 Å². The summed E-state index contributed by atoms with van der Waals surface area (Å²) in [6.45, 7) is 7.97. The summed E-state index contributed by atoms with van der Waals surface area (Å²) in [5, 5.41) is 12.3. The summed E-state index contributed by atoms with van der Waals surface area (Å²) < 4.78 is 45.6. The van der Waals surface area contributed by atoms with Crippen LogP contribution < -0.4 is 10.2 Å². The quantitative estimate of drug-likeness (QED) is 0.359. The Balaban J connectivity index is 1.01. The summed E-state index contributed by atoms with van der Waals surface area (Å²) in [6, 6.07) is 14.6. The molecular formula is C37H51FN4O5S. The Hall–Kier alpha value is -2.73. The Labute approximate surface area is 284 Å². The van der Waals surface area contributed by atoms with E-state index < -0.39 is 21.2 Å². The molecule has 262 valence electrons. The first-order valence-electron chi connectivity index (χ1n) is 18.0. The molecule has 3 saturated heterocycles. The van der Waals surface area contributed by atoms with E-state index in [1.165, 1.54) is 13.5 Å². The molecule has 5 fully saturated rings. The van der Waals surface area contributed by atoms with Crippen LogP contribution in [0, 0.1) is 23.6 Å². The SMILES string of the molecule is COC(=O)N[C@H]1CCC[C@@H]1[C@](CN1CCC1)(c1cccc(F)c1)C1CCN(CC2CN(c3ccc(S(=O)(=O)[C@H]4C[C@@H](O)C4)cc3)C2)CC1. The molecule has 3 atom stereocenters. The predicted molar refractivity (Wildman–Crippen MR) is 183 cm³/mol. The molecule has 1 amide bonds. The van der Waals surface area contributed by atoms with Crippen molar-refractivity contribution in [3.63, 3.8) is 0 Å². The Morgan fingerprint density at radius 2 is 1.71 bits per heavy atom. The van der Waals surface area contributed by atoms with E-state index in [9.17, 15) is 22.7 Å². The number of alkyl carbamates (subject to hydrolysis) is 1. The minimum Gasteiger partial charge on any atom is -0.453 e.